The highest BCUT2D eigenvalue weighted by Gasteiger charge is 2.11. The van der Waals surface area contributed by atoms with Crippen LogP contribution in [0.3, 0.4) is 0 Å². The van der Waals surface area contributed by atoms with Crippen LogP contribution < -0.4 is 11.1 Å². The van der Waals surface area contributed by atoms with E-state index in [1.807, 2.05) is 0 Å². The topological polar surface area (TPSA) is 68.3 Å². The van der Waals surface area contributed by atoms with Gasteiger partial charge in [0.05, 0.1) is 17.8 Å². The quantitative estimate of drug-likeness (QED) is 0.835. The fourth-order valence-electron chi connectivity index (χ4n) is 1.63. The Morgan fingerprint density at radius 1 is 1.45 bits per heavy atom. The Morgan fingerprint density at radius 3 is 2.90 bits per heavy atom. The maximum Gasteiger partial charge on any atom is 0.258 e. The van der Waals surface area contributed by atoms with E-state index in [4.69, 9.17) is 21.8 Å². The number of amides is 1. The SMILES string of the molecule is Cc1cc(C(=O)Nc2cc(Cl)ccc2C#CCN)co1. The average Bonchev–Trinajstić information content (AvgIpc) is 2.85. The molecule has 5 heteroatoms. The molecule has 2 rings (SSSR count). The third-order valence-corrected chi connectivity index (χ3v) is 2.78. The number of aryl methyl sites for hydroxylation is 1. The van der Waals surface area contributed by atoms with E-state index in [9.17, 15) is 4.79 Å². The predicted molar refractivity (Wildman–Crippen MR) is 78.8 cm³/mol. The van der Waals surface area contributed by atoms with Crippen molar-refractivity contribution >= 4 is 23.2 Å². The first-order valence-corrected chi connectivity index (χ1v) is 6.33. The van der Waals surface area contributed by atoms with Crippen LogP contribution in [0.15, 0.2) is 34.9 Å². The summed E-state index contributed by atoms with van der Waals surface area (Å²) in [5, 5.41) is 3.28. The summed E-state index contributed by atoms with van der Waals surface area (Å²) in [6.07, 6.45) is 1.40. The molecule has 0 atom stereocenters. The lowest BCUT2D eigenvalue weighted by atomic mass is 10.1. The van der Waals surface area contributed by atoms with Gasteiger partial charge < -0.3 is 15.5 Å². The van der Waals surface area contributed by atoms with Gasteiger partial charge >= 0.3 is 0 Å². The lowest BCUT2D eigenvalue weighted by Gasteiger charge is -2.07. The molecule has 3 N–H and O–H groups in total. The summed E-state index contributed by atoms with van der Waals surface area (Å²) in [4.78, 5) is 12.1. The zero-order chi connectivity index (χ0) is 14.5. The van der Waals surface area contributed by atoms with Gasteiger partial charge in [-0.15, -0.1) is 0 Å². The van der Waals surface area contributed by atoms with E-state index >= 15 is 0 Å². The van der Waals surface area contributed by atoms with Crippen LogP contribution in [0.4, 0.5) is 5.69 Å². The zero-order valence-electron chi connectivity index (χ0n) is 10.9. The van der Waals surface area contributed by atoms with Crippen molar-refractivity contribution in [2.45, 2.75) is 6.92 Å². The fourth-order valence-corrected chi connectivity index (χ4v) is 1.80. The molecule has 4 nitrogen and oxygen atoms in total. The molecule has 1 heterocycles. The summed E-state index contributed by atoms with van der Waals surface area (Å²) >= 11 is 5.94. The highest BCUT2D eigenvalue weighted by molar-refractivity contribution is 6.31. The molecular weight excluding hydrogens is 276 g/mol. The summed E-state index contributed by atoms with van der Waals surface area (Å²) in [5.41, 5.74) is 7.00. The Hall–Kier alpha value is -2.22. The van der Waals surface area contributed by atoms with E-state index in [2.05, 4.69) is 17.2 Å². The maximum absolute atomic E-state index is 12.1. The smallest absolute Gasteiger partial charge is 0.258 e. The monoisotopic (exact) mass is 288 g/mol. The van der Waals surface area contributed by atoms with Crippen LogP contribution >= 0.6 is 11.6 Å². The van der Waals surface area contributed by atoms with Crippen molar-refractivity contribution in [3.63, 3.8) is 0 Å². The third-order valence-electron chi connectivity index (χ3n) is 2.55. The lowest BCUT2D eigenvalue weighted by Crippen LogP contribution is -2.12. The van der Waals surface area contributed by atoms with Crippen LogP contribution in [-0.2, 0) is 0 Å². The predicted octanol–water partition coefficient (Wildman–Crippen LogP) is 2.80. The fraction of sp³-hybridized carbons (Fsp3) is 0.133. The molecule has 0 aliphatic heterocycles. The maximum atomic E-state index is 12.1. The van der Waals surface area contributed by atoms with Crippen LogP contribution in [0, 0.1) is 18.8 Å². The summed E-state index contributed by atoms with van der Waals surface area (Å²) in [6, 6.07) is 6.75. The van der Waals surface area contributed by atoms with Gasteiger partial charge in [0, 0.05) is 10.6 Å². The van der Waals surface area contributed by atoms with Crippen LogP contribution in [0.1, 0.15) is 21.7 Å². The van der Waals surface area contributed by atoms with E-state index in [1.54, 1.807) is 31.2 Å². The number of halogens is 1. The number of nitrogens with two attached hydrogens (primary N) is 1. The molecule has 0 bridgehead atoms. The molecule has 0 saturated heterocycles. The van der Waals surface area contributed by atoms with E-state index in [1.165, 1.54) is 6.26 Å². The van der Waals surface area contributed by atoms with E-state index in [0.717, 1.165) is 0 Å². The first-order valence-electron chi connectivity index (χ1n) is 5.95. The van der Waals surface area contributed by atoms with Gasteiger partial charge in [-0.3, -0.25) is 4.79 Å². The molecular formula is C15H13ClN2O2. The van der Waals surface area contributed by atoms with Crippen molar-refractivity contribution in [2.24, 2.45) is 5.73 Å². The number of furan rings is 1. The molecule has 1 aromatic heterocycles. The van der Waals surface area contributed by atoms with Crippen molar-refractivity contribution in [1.82, 2.24) is 0 Å². The second-order valence-corrected chi connectivity index (χ2v) is 4.53. The lowest BCUT2D eigenvalue weighted by molar-refractivity contribution is 0.102. The highest BCUT2D eigenvalue weighted by atomic mass is 35.5. The number of carbonyl (C=O) groups excluding carboxylic acids is 1. The van der Waals surface area contributed by atoms with Gasteiger partial charge in [0.2, 0.25) is 0 Å². The molecule has 0 fully saturated rings. The van der Waals surface area contributed by atoms with Gasteiger partial charge in [-0.2, -0.15) is 0 Å². The molecule has 1 aromatic carbocycles. The van der Waals surface area contributed by atoms with Gasteiger partial charge in [0.1, 0.15) is 12.0 Å². The van der Waals surface area contributed by atoms with Gasteiger partial charge in [-0.25, -0.2) is 0 Å². The summed E-state index contributed by atoms with van der Waals surface area (Å²) in [5.74, 6) is 6.03. The third kappa shape index (κ3) is 3.41. The van der Waals surface area contributed by atoms with Crippen molar-refractivity contribution in [3.05, 3.63) is 52.4 Å². The summed E-state index contributed by atoms with van der Waals surface area (Å²) < 4.78 is 5.11. The number of nitrogens with one attached hydrogen (secondary N) is 1. The van der Waals surface area contributed by atoms with Crippen LogP contribution in [0.5, 0.6) is 0 Å². The van der Waals surface area contributed by atoms with E-state index < -0.39 is 0 Å². The van der Waals surface area contributed by atoms with Gasteiger partial charge in [0.25, 0.3) is 5.91 Å². The Bertz CT molecular complexity index is 695. The Morgan fingerprint density at radius 2 is 2.25 bits per heavy atom. The Kier molecular flexibility index (Phi) is 4.46. The van der Waals surface area contributed by atoms with Crippen molar-refractivity contribution in [3.8, 4) is 11.8 Å². The normalized spacial score (nSPS) is 9.75. The minimum absolute atomic E-state index is 0.247. The van der Waals surface area contributed by atoms with Gasteiger partial charge in [-0.1, -0.05) is 23.4 Å². The molecule has 2 aromatic rings. The number of anilines is 1. The largest absolute Gasteiger partial charge is 0.469 e. The number of benzene rings is 1. The molecule has 102 valence electrons. The zero-order valence-corrected chi connectivity index (χ0v) is 11.6. The Labute approximate surface area is 121 Å². The molecule has 1 amide bonds. The standard InChI is InChI=1S/C15H13ClN2O2/c1-10-7-12(9-20-10)15(19)18-14-8-13(16)5-4-11(14)3-2-6-17/h4-5,7-9H,6,17H2,1H3,(H,18,19). The number of carbonyl (C=O) groups is 1. The molecule has 0 unspecified atom stereocenters. The van der Waals surface area contributed by atoms with Crippen LogP contribution in [-0.4, -0.2) is 12.5 Å². The molecule has 0 aliphatic carbocycles. The molecule has 0 aliphatic rings. The van der Waals surface area contributed by atoms with Gasteiger partial charge in [0.15, 0.2) is 0 Å². The van der Waals surface area contributed by atoms with Crippen molar-refractivity contribution < 1.29 is 9.21 Å². The van der Waals surface area contributed by atoms with Gasteiger partial charge in [-0.05, 0) is 31.2 Å². The van der Waals surface area contributed by atoms with Crippen LogP contribution in [0.2, 0.25) is 5.02 Å². The van der Waals surface area contributed by atoms with Crippen molar-refractivity contribution in [1.29, 1.82) is 0 Å². The highest BCUT2D eigenvalue weighted by Crippen LogP contribution is 2.21. The van der Waals surface area contributed by atoms with Crippen LogP contribution in [0.25, 0.3) is 0 Å². The Balaban J connectivity index is 2.28. The first-order chi connectivity index (χ1) is 9.60. The molecule has 0 spiro atoms. The van der Waals surface area contributed by atoms with E-state index in [0.29, 0.717) is 27.6 Å². The molecule has 20 heavy (non-hydrogen) atoms. The minimum atomic E-state index is -0.278. The van der Waals surface area contributed by atoms with Crippen molar-refractivity contribution in [2.75, 3.05) is 11.9 Å². The first kappa shape index (κ1) is 14.2. The average molecular weight is 289 g/mol. The minimum Gasteiger partial charge on any atom is -0.469 e. The second-order valence-electron chi connectivity index (χ2n) is 4.10. The number of rotatable bonds is 2. The summed E-state index contributed by atoms with van der Waals surface area (Å²) in [7, 11) is 0. The summed E-state index contributed by atoms with van der Waals surface area (Å²) in [6.45, 7) is 2.02. The second kappa shape index (κ2) is 6.29. The number of hydrogen-bond donors (Lipinski definition) is 2. The molecule has 0 radical (unpaired) electrons. The molecule has 0 saturated carbocycles. The number of hydrogen-bond acceptors (Lipinski definition) is 3. The van der Waals surface area contributed by atoms with E-state index in [-0.39, 0.29) is 12.5 Å².